The Morgan fingerprint density at radius 2 is 1.86 bits per heavy atom. The molecule has 6 rings (SSSR count). The van der Waals surface area contributed by atoms with Crippen molar-refractivity contribution in [2.75, 3.05) is 31.7 Å². The number of halogens is 1. The number of aryl methyl sites for hydroxylation is 1. The van der Waals surface area contributed by atoms with Crippen LogP contribution < -0.4 is 21.3 Å². The van der Waals surface area contributed by atoms with E-state index in [0.29, 0.717) is 18.2 Å². The lowest BCUT2D eigenvalue weighted by Crippen LogP contribution is -2.60. The number of anilines is 1. The fourth-order valence-electron chi connectivity index (χ4n) is 6.30. The van der Waals surface area contributed by atoms with Crippen molar-refractivity contribution >= 4 is 11.6 Å². The minimum atomic E-state index is -0.387. The van der Waals surface area contributed by atoms with Gasteiger partial charge >= 0.3 is 0 Å². The van der Waals surface area contributed by atoms with Gasteiger partial charge in [0.15, 0.2) is 0 Å². The second-order valence-corrected chi connectivity index (χ2v) is 10.6. The molecule has 3 unspecified atom stereocenters. The van der Waals surface area contributed by atoms with Crippen LogP contribution >= 0.6 is 0 Å². The second kappa shape index (κ2) is 9.26. The molecule has 3 atom stereocenters. The van der Waals surface area contributed by atoms with E-state index in [1.165, 1.54) is 53.7 Å². The Balaban J connectivity index is 1.22. The molecule has 0 bridgehead atoms. The summed E-state index contributed by atoms with van der Waals surface area (Å²) in [6.07, 6.45) is 3.89. The lowest BCUT2D eigenvalue weighted by molar-refractivity contribution is -0.121. The number of carbonyl (C=O) groups is 1. The van der Waals surface area contributed by atoms with Gasteiger partial charge in [-0.2, -0.15) is 0 Å². The number of benzene rings is 2. The Kier molecular flexibility index (Phi) is 6.10. The maximum absolute atomic E-state index is 14.7. The van der Waals surface area contributed by atoms with Gasteiger partial charge in [-0.15, -0.1) is 0 Å². The molecule has 8 heteroatoms. The van der Waals surface area contributed by atoms with Gasteiger partial charge in [-0.25, -0.2) is 20.3 Å². The molecule has 3 saturated heterocycles. The molecule has 0 aliphatic carbocycles. The van der Waals surface area contributed by atoms with Crippen LogP contribution in [0.4, 0.5) is 10.1 Å². The lowest BCUT2D eigenvalue weighted by Gasteiger charge is -2.40. The third-order valence-electron chi connectivity index (χ3n) is 8.39. The first-order valence-electron chi connectivity index (χ1n) is 12.9. The number of nitrogens with zero attached hydrogens (tertiary/aromatic N) is 3. The normalized spacial score (nSPS) is 28.3. The summed E-state index contributed by atoms with van der Waals surface area (Å²) >= 11 is 0. The summed E-state index contributed by atoms with van der Waals surface area (Å²) in [7, 11) is 2.21. The molecule has 0 saturated carbocycles. The highest BCUT2D eigenvalue weighted by atomic mass is 19.1. The minimum Gasteiger partial charge on any atom is -0.306 e. The largest absolute Gasteiger partial charge is 0.306 e. The number of hydrogen-bond acceptors (Lipinski definition) is 6. The van der Waals surface area contributed by atoms with Crippen molar-refractivity contribution in [3.8, 4) is 0 Å². The zero-order chi connectivity index (χ0) is 24.1. The van der Waals surface area contributed by atoms with Gasteiger partial charge in [0, 0.05) is 31.6 Å². The first kappa shape index (κ1) is 23.1. The average Bonchev–Trinajstić information content (AvgIpc) is 3.26. The zero-order valence-corrected chi connectivity index (χ0v) is 20.6. The molecule has 4 heterocycles. The summed E-state index contributed by atoms with van der Waals surface area (Å²) in [4.78, 5) is 18.0. The number of rotatable bonds is 3. The van der Waals surface area contributed by atoms with Gasteiger partial charge in [-0.05, 0) is 74.6 Å². The van der Waals surface area contributed by atoms with E-state index in [1.807, 2.05) is 13.0 Å². The molecule has 4 aliphatic rings. The number of nitrogens with one attached hydrogen (secondary N) is 3. The van der Waals surface area contributed by atoms with E-state index in [9.17, 15) is 9.18 Å². The Morgan fingerprint density at radius 1 is 1.03 bits per heavy atom. The van der Waals surface area contributed by atoms with Crippen LogP contribution in [0.3, 0.4) is 0 Å². The molecule has 1 amide bonds. The Labute approximate surface area is 206 Å². The number of amides is 1. The third-order valence-corrected chi connectivity index (χ3v) is 8.39. The number of likely N-dealkylation sites (tertiary alicyclic amines) is 1. The molecule has 4 aliphatic heterocycles. The summed E-state index contributed by atoms with van der Waals surface area (Å²) in [5.74, 6) is -0.517. The van der Waals surface area contributed by atoms with E-state index in [-0.39, 0.29) is 29.8 Å². The second-order valence-electron chi connectivity index (χ2n) is 10.6. The van der Waals surface area contributed by atoms with Crippen LogP contribution in [0.25, 0.3) is 0 Å². The molecule has 0 aromatic heterocycles. The lowest BCUT2D eigenvalue weighted by atomic mass is 9.89. The highest BCUT2D eigenvalue weighted by molar-refractivity contribution is 5.94. The number of hydrogen-bond donors (Lipinski definition) is 3. The maximum Gasteiger partial charge on any atom is 0.243 e. The van der Waals surface area contributed by atoms with Crippen molar-refractivity contribution in [1.82, 2.24) is 26.1 Å². The van der Waals surface area contributed by atoms with Gasteiger partial charge in [0.25, 0.3) is 0 Å². The molecule has 7 nitrogen and oxygen atoms in total. The van der Waals surface area contributed by atoms with E-state index >= 15 is 0 Å². The summed E-state index contributed by atoms with van der Waals surface area (Å²) in [6.45, 7) is 6.32. The molecular weight excluding hydrogens is 443 g/mol. The van der Waals surface area contributed by atoms with Crippen LogP contribution in [0.5, 0.6) is 0 Å². The van der Waals surface area contributed by atoms with Gasteiger partial charge in [-0.3, -0.25) is 15.1 Å². The predicted molar refractivity (Wildman–Crippen MR) is 134 cm³/mol. The molecule has 2 aromatic carbocycles. The molecule has 0 radical (unpaired) electrons. The van der Waals surface area contributed by atoms with Gasteiger partial charge in [0.2, 0.25) is 5.91 Å². The van der Waals surface area contributed by atoms with E-state index in [4.69, 9.17) is 0 Å². The van der Waals surface area contributed by atoms with E-state index in [1.54, 1.807) is 6.07 Å². The van der Waals surface area contributed by atoms with Crippen molar-refractivity contribution in [3.05, 3.63) is 64.5 Å². The fraction of sp³-hybridized carbons (Fsp3) is 0.519. The predicted octanol–water partition coefficient (Wildman–Crippen LogP) is 2.41. The fourth-order valence-corrected chi connectivity index (χ4v) is 6.30. The summed E-state index contributed by atoms with van der Waals surface area (Å²) in [6, 6.07) is 12.3. The monoisotopic (exact) mass is 478 g/mol. The Hall–Kier alpha value is -2.36. The van der Waals surface area contributed by atoms with Crippen LogP contribution in [0, 0.1) is 12.7 Å². The maximum atomic E-state index is 14.7. The van der Waals surface area contributed by atoms with Crippen LogP contribution in [0.15, 0.2) is 36.4 Å². The quantitative estimate of drug-likeness (QED) is 0.630. The highest BCUT2D eigenvalue weighted by Gasteiger charge is 2.44. The van der Waals surface area contributed by atoms with Crippen molar-refractivity contribution < 1.29 is 9.18 Å². The first-order chi connectivity index (χ1) is 17.0. The summed E-state index contributed by atoms with van der Waals surface area (Å²) < 4.78 is 14.7. The molecule has 3 N–H and O–H groups in total. The number of fused-ring (bicyclic) bond motifs is 2. The van der Waals surface area contributed by atoms with Crippen molar-refractivity contribution in [2.24, 2.45) is 0 Å². The molecule has 3 fully saturated rings. The van der Waals surface area contributed by atoms with Crippen LogP contribution in [0.2, 0.25) is 0 Å². The third kappa shape index (κ3) is 4.27. The van der Waals surface area contributed by atoms with Gasteiger partial charge in [-0.1, -0.05) is 30.3 Å². The summed E-state index contributed by atoms with van der Waals surface area (Å²) in [5, 5.41) is 1.42. The number of carbonyl (C=O) groups excluding carboxylic acids is 1. The van der Waals surface area contributed by atoms with E-state index < -0.39 is 0 Å². The van der Waals surface area contributed by atoms with Crippen LogP contribution in [0.1, 0.15) is 47.6 Å². The number of hydrazine groups is 2. The van der Waals surface area contributed by atoms with E-state index in [2.05, 4.69) is 51.3 Å². The SMILES string of the molecule is Cc1cccc(F)c1N1NC2C(CC1=O)NNC2c1ccc2c(c1)CN(C1CCN(C)CC1)CC2. The topological polar surface area (TPSA) is 62.9 Å². The van der Waals surface area contributed by atoms with Gasteiger partial charge < -0.3 is 4.90 Å². The Morgan fingerprint density at radius 3 is 2.66 bits per heavy atom. The van der Waals surface area contributed by atoms with Gasteiger partial charge in [0.05, 0.1) is 17.8 Å². The summed E-state index contributed by atoms with van der Waals surface area (Å²) in [5.41, 5.74) is 15.2. The minimum absolute atomic E-state index is 0.0216. The van der Waals surface area contributed by atoms with Crippen LogP contribution in [-0.2, 0) is 17.8 Å². The standard InChI is InChI=1S/C27H35FN6O/c1-17-4-3-5-22(28)27(17)34-24(35)15-23-26(31-34)25(30-29-23)19-7-6-18-8-13-33(16-20(18)14-19)21-9-11-32(2)12-10-21/h3-7,14,21,23,25-26,29-31H,8-13,15-16H2,1-2H3. The van der Waals surface area contributed by atoms with Crippen molar-refractivity contribution in [1.29, 1.82) is 0 Å². The van der Waals surface area contributed by atoms with Crippen molar-refractivity contribution in [2.45, 2.75) is 63.3 Å². The van der Waals surface area contributed by atoms with E-state index in [0.717, 1.165) is 25.1 Å². The number of para-hydroxylation sites is 1. The van der Waals surface area contributed by atoms with Crippen LogP contribution in [-0.4, -0.2) is 60.5 Å². The van der Waals surface area contributed by atoms with Gasteiger partial charge in [0.1, 0.15) is 5.82 Å². The molecule has 0 spiro atoms. The smallest absolute Gasteiger partial charge is 0.243 e. The molecule has 35 heavy (non-hydrogen) atoms. The average molecular weight is 479 g/mol. The highest BCUT2D eigenvalue weighted by Crippen LogP contribution is 2.34. The van der Waals surface area contributed by atoms with Crippen molar-refractivity contribution in [3.63, 3.8) is 0 Å². The Bertz CT molecular complexity index is 1100. The molecule has 186 valence electrons. The first-order valence-corrected chi connectivity index (χ1v) is 12.9. The molecule has 2 aromatic rings. The number of piperidine rings is 1. The molecular formula is C27H35FN6O. The zero-order valence-electron chi connectivity index (χ0n) is 20.6.